The number of rotatable bonds is 5. The molecule has 0 aromatic carbocycles. The van der Waals surface area contributed by atoms with Crippen LogP contribution in [0.3, 0.4) is 0 Å². The molecule has 7 heteroatoms. The van der Waals surface area contributed by atoms with Gasteiger partial charge in [0.2, 0.25) is 0 Å². The van der Waals surface area contributed by atoms with Crippen LogP contribution in [0.5, 0.6) is 0 Å². The van der Waals surface area contributed by atoms with Gasteiger partial charge in [-0.3, -0.25) is 10.1 Å². The average molecular weight is 269 g/mol. The van der Waals surface area contributed by atoms with Gasteiger partial charge in [-0.2, -0.15) is 0 Å². The summed E-state index contributed by atoms with van der Waals surface area (Å²) in [6.07, 6.45) is -0.165. The van der Waals surface area contributed by atoms with Crippen molar-refractivity contribution in [2.45, 2.75) is 33.8 Å². The minimum absolute atomic E-state index is 0.165. The van der Waals surface area contributed by atoms with Crippen LogP contribution in [0.1, 0.15) is 26.5 Å². The van der Waals surface area contributed by atoms with E-state index in [-0.39, 0.29) is 18.6 Å². The lowest BCUT2D eigenvalue weighted by molar-refractivity contribution is -0.151. The molecule has 0 spiro atoms. The molecule has 2 N–H and O–H groups in total. The van der Waals surface area contributed by atoms with E-state index in [9.17, 15) is 9.59 Å². The number of esters is 1. The number of amides is 2. The summed E-state index contributed by atoms with van der Waals surface area (Å²) in [6, 6.07) is 1.15. The monoisotopic (exact) mass is 269 g/mol. The van der Waals surface area contributed by atoms with Gasteiger partial charge >= 0.3 is 12.0 Å². The molecule has 19 heavy (non-hydrogen) atoms. The number of anilines is 1. The summed E-state index contributed by atoms with van der Waals surface area (Å²) in [5, 5.41) is 8.67. The fraction of sp³-hybridized carbons (Fsp3) is 0.583. The quantitative estimate of drug-likeness (QED) is 0.793. The number of hydrogen-bond donors (Lipinski definition) is 2. The van der Waals surface area contributed by atoms with Crippen molar-refractivity contribution >= 4 is 17.8 Å². The molecule has 0 saturated carbocycles. The summed E-state index contributed by atoms with van der Waals surface area (Å²) in [4.78, 5) is 23.0. The normalized spacial score (nSPS) is 12.1. The number of hydrogen-bond acceptors (Lipinski definition) is 5. The highest BCUT2D eigenvalue weighted by Crippen LogP contribution is 2.06. The van der Waals surface area contributed by atoms with Gasteiger partial charge in [0.05, 0.1) is 12.0 Å². The highest BCUT2D eigenvalue weighted by molar-refractivity contribution is 5.88. The van der Waals surface area contributed by atoms with Crippen LogP contribution in [0.2, 0.25) is 0 Å². The Bertz CT molecular complexity index is 442. The summed E-state index contributed by atoms with van der Waals surface area (Å²) >= 11 is 0. The zero-order chi connectivity index (χ0) is 14.4. The van der Waals surface area contributed by atoms with Crippen molar-refractivity contribution < 1.29 is 18.8 Å². The number of urea groups is 1. The largest absolute Gasteiger partial charge is 0.463 e. The molecule has 106 valence electrons. The third-order valence-electron chi connectivity index (χ3n) is 2.19. The number of carbonyl (C=O) groups is 2. The molecule has 0 radical (unpaired) electrons. The van der Waals surface area contributed by atoms with E-state index in [0.29, 0.717) is 11.6 Å². The molecular weight excluding hydrogens is 250 g/mol. The lowest BCUT2D eigenvalue weighted by atomic mass is 10.2. The Hall–Kier alpha value is -2.05. The van der Waals surface area contributed by atoms with Gasteiger partial charge in [-0.1, -0.05) is 12.1 Å². The Morgan fingerprint density at radius 1 is 1.42 bits per heavy atom. The number of nitrogens with one attached hydrogen (secondary N) is 2. The van der Waals surface area contributed by atoms with Crippen LogP contribution in [-0.2, 0) is 9.53 Å². The molecule has 0 bridgehead atoms. The van der Waals surface area contributed by atoms with Gasteiger partial charge in [-0.15, -0.1) is 0 Å². The second-order valence-electron chi connectivity index (χ2n) is 4.54. The molecule has 1 unspecified atom stereocenters. The summed E-state index contributed by atoms with van der Waals surface area (Å²) in [6.45, 7) is 7.15. The van der Waals surface area contributed by atoms with Crippen molar-refractivity contribution in [1.82, 2.24) is 10.5 Å². The van der Waals surface area contributed by atoms with E-state index in [0.717, 1.165) is 0 Å². The van der Waals surface area contributed by atoms with E-state index in [1.54, 1.807) is 33.8 Å². The highest BCUT2D eigenvalue weighted by Gasteiger charge is 2.16. The highest BCUT2D eigenvalue weighted by atomic mass is 16.5. The SMILES string of the molecule is Cc1cc(NC(=O)NCC(C)C(=O)OC(C)C)no1. The zero-order valence-corrected chi connectivity index (χ0v) is 11.5. The van der Waals surface area contributed by atoms with E-state index in [2.05, 4.69) is 15.8 Å². The van der Waals surface area contributed by atoms with Crippen LogP contribution < -0.4 is 10.6 Å². The number of aromatic nitrogens is 1. The number of ether oxygens (including phenoxy) is 1. The van der Waals surface area contributed by atoms with E-state index < -0.39 is 11.9 Å². The lowest BCUT2D eigenvalue weighted by Gasteiger charge is -2.14. The first-order valence-corrected chi connectivity index (χ1v) is 6.07. The molecule has 1 heterocycles. The van der Waals surface area contributed by atoms with Gasteiger partial charge < -0.3 is 14.6 Å². The van der Waals surface area contributed by atoms with E-state index >= 15 is 0 Å². The van der Waals surface area contributed by atoms with Crippen molar-refractivity contribution in [3.63, 3.8) is 0 Å². The Labute approximate surface area is 111 Å². The maximum atomic E-state index is 11.5. The number of nitrogens with zero attached hydrogens (tertiary/aromatic N) is 1. The minimum atomic E-state index is -0.447. The first-order chi connectivity index (χ1) is 8.88. The van der Waals surface area contributed by atoms with Crippen molar-refractivity contribution in [1.29, 1.82) is 0 Å². The third-order valence-corrected chi connectivity index (χ3v) is 2.19. The average Bonchev–Trinajstić information content (AvgIpc) is 2.70. The molecule has 0 aliphatic heterocycles. The fourth-order valence-electron chi connectivity index (χ4n) is 1.26. The van der Waals surface area contributed by atoms with Crippen LogP contribution in [-0.4, -0.2) is 29.8 Å². The van der Waals surface area contributed by atoms with Gasteiger partial charge in [0, 0.05) is 12.6 Å². The summed E-state index contributed by atoms with van der Waals surface area (Å²) in [5.41, 5.74) is 0. The zero-order valence-electron chi connectivity index (χ0n) is 11.5. The molecule has 0 fully saturated rings. The smallest absolute Gasteiger partial charge is 0.320 e. The second kappa shape index (κ2) is 6.77. The Kier molecular flexibility index (Phi) is 5.35. The third kappa shape index (κ3) is 5.41. The molecule has 0 aliphatic carbocycles. The van der Waals surface area contributed by atoms with E-state index in [4.69, 9.17) is 9.26 Å². The second-order valence-corrected chi connectivity index (χ2v) is 4.54. The Morgan fingerprint density at radius 2 is 2.11 bits per heavy atom. The first kappa shape index (κ1) is 15.0. The number of aryl methyl sites for hydroxylation is 1. The predicted octanol–water partition coefficient (Wildman–Crippen LogP) is 1.69. The topological polar surface area (TPSA) is 93.5 Å². The maximum absolute atomic E-state index is 11.5. The fourth-order valence-corrected chi connectivity index (χ4v) is 1.26. The summed E-state index contributed by atoms with van der Waals surface area (Å²) < 4.78 is 9.83. The predicted molar refractivity (Wildman–Crippen MR) is 68.7 cm³/mol. The van der Waals surface area contributed by atoms with Crippen LogP contribution in [0.25, 0.3) is 0 Å². The molecule has 7 nitrogen and oxygen atoms in total. The molecular formula is C12H19N3O4. The standard InChI is InChI=1S/C12H19N3O4/c1-7(2)18-11(16)8(3)6-13-12(17)14-10-5-9(4)19-15-10/h5,7-8H,6H2,1-4H3,(H2,13,14,15,17). The maximum Gasteiger partial charge on any atom is 0.320 e. The lowest BCUT2D eigenvalue weighted by Crippen LogP contribution is -2.35. The van der Waals surface area contributed by atoms with Crippen molar-refractivity contribution in [3.05, 3.63) is 11.8 Å². The molecule has 1 aromatic heterocycles. The van der Waals surface area contributed by atoms with Crippen LogP contribution in [0.15, 0.2) is 10.6 Å². The summed E-state index contributed by atoms with van der Waals surface area (Å²) in [5.74, 6) is 0.177. The summed E-state index contributed by atoms with van der Waals surface area (Å²) in [7, 11) is 0. The van der Waals surface area contributed by atoms with Gasteiger partial charge in [0.25, 0.3) is 0 Å². The number of carbonyl (C=O) groups excluding carboxylic acids is 2. The first-order valence-electron chi connectivity index (χ1n) is 6.07. The van der Waals surface area contributed by atoms with Gasteiger partial charge in [0.1, 0.15) is 5.76 Å². The minimum Gasteiger partial charge on any atom is -0.463 e. The molecule has 2 amide bonds. The Morgan fingerprint density at radius 3 is 2.63 bits per heavy atom. The molecule has 1 aromatic rings. The van der Waals surface area contributed by atoms with E-state index in [1.165, 1.54) is 0 Å². The van der Waals surface area contributed by atoms with Gasteiger partial charge in [-0.05, 0) is 20.8 Å². The van der Waals surface area contributed by atoms with Crippen molar-refractivity contribution in [3.8, 4) is 0 Å². The van der Waals surface area contributed by atoms with Crippen LogP contribution in [0.4, 0.5) is 10.6 Å². The molecule has 1 rings (SSSR count). The molecule has 0 saturated heterocycles. The molecule has 1 atom stereocenters. The van der Waals surface area contributed by atoms with Gasteiger partial charge in [0.15, 0.2) is 5.82 Å². The Balaban J connectivity index is 2.31. The van der Waals surface area contributed by atoms with Crippen molar-refractivity contribution in [2.75, 3.05) is 11.9 Å². The van der Waals surface area contributed by atoms with Crippen molar-refractivity contribution in [2.24, 2.45) is 5.92 Å². The van der Waals surface area contributed by atoms with Gasteiger partial charge in [-0.25, -0.2) is 4.79 Å². The molecule has 0 aliphatic rings. The van der Waals surface area contributed by atoms with E-state index in [1.807, 2.05) is 0 Å². The van der Waals surface area contributed by atoms with Crippen LogP contribution >= 0.6 is 0 Å². The van der Waals surface area contributed by atoms with Crippen LogP contribution in [0, 0.1) is 12.8 Å².